The van der Waals surface area contributed by atoms with E-state index in [9.17, 15) is 14.7 Å². The summed E-state index contributed by atoms with van der Waals surface area (Å²) in [5.41, 5.74) is 5.64. The maximum absolute atomic E-state index is 12.6. The van der Waals surface area contributed by atoms with Crippen molar-refractivity contribution in [3.63, 3.8) is 0 Å². The summed E-state index contributed by atoms with van der Waals surface area (Å²) in [4.78, 5) is 27.2. The second kappa shape index (κ2) is 6.41. The van der Waals surface area contributed by atoms with Gasteiger partial charge >= 0.3 is 12.0 Å². The van der Waals surface area contributed by atoms with Gasteiger partial charge in [-0.1, -0.05) is 0 Å². The number of aliphatic carboxylic acids is 1. The molecule has 3 atom stereocenters. The Hall–Kier alpha value is -1.34. The van der Waals surface area contributed by atoms with Crippen LogP contribution in [-0.2, 0) is 9.53 Å². The number of nitrogens with zero attached hydrogens (tertiary/aromatic N) is 2. The predicted octanol–water partition coefficient (Wildman–Crippen LogP) is -0.191. The Labute approximate surface area is 118 Å². The molecule has 7 nitrogen and oxygen atoms in total. The summed E-state index contributed by atoms with van der Waals surface area (Å²) < 4.78 is 5.26. The second-order valence-electron chi connectivity index (χ2n) is 5.45. The molecule has 0 radical (unpaired) electrons. The minimum Gasteiger partial charge on any atom is -0.481 e. The largest absolute Gasteiger partial charge is 0.481 e. The lowest BCUT2D eigenvalue weighted by Crippen LogP contribution is -2.51. The molecule has 0 saturated carbocycles. The van der Waals surface area contributed by atoms with Crippen molar-refractivity contribution in [1.29, 1.82) is 0 Å². The molecule has 2 heterocycles. The lowest BCUT2D eigenvalue weighted by Gasteiger charge is -2.33. The van der Waals surface area contributed by atoms with Gasteiger partial charge in [-0.15, -0.1) is 0 Å². The summed E-state index contributed by atoms with van der Waals surface area (Å²) in [5, 5.41) is 9.21. The monoisotopic (exact) mass is 285 g/mol. The SMILES string of the molecule is CCN(C(=O)N1CCC(CN)C1)C1COCC1C(=O)O. The predicted molar refractivity (Wildman–Crippen MR) is 72.2 cm³/mol. The van der Waals surface area contributed by atoms with E-state index >= 15 is 0 Å². The van der Waals surface area contributed by atoms with Gasteiger partial charge in [0.05, 0.1) is 19.3 Å². The molecule has 0 aromatic rings. The first-order chi connectivity index (χ1) is 9.58. The van der Waals surface area contributed by atoms with Crippen molar-refractivity contribution in [2.75, 3.05) is 39.4 Å². The molecule has 2 rings (SSSR count). The minimum atomic E-state index is -0.903. The molecule has 114 valence electrons. The van der Waals surface area contributed by atoms with Gasteiger partial charge in [0, 0.05) is 19.6 Å². The van der Waals surface area contributed by atoms with E-state index in [1.807, 2.05) is 6.92 Å². The van der Waals surface area contributed by atoms with E-state index in [4.69, 9.17) is 10.5 Å². The van der Waals surface area contributed by atoms with E-state index in [-0.39, 0.29) is 18.7 Å². The second-order valence-corrected chi connectivity index (χ2v) is 5.45. The highest BCUT2D eigenvalue weighted by Gasteiger charge is 2.41. The third-order valence-corrected chi connectivity index (χ3v) is 4.24. The Kier molecular flexibility index (Phi) is 4.82. The molecule has 2 aliphatic heterocycles. The van der Waals surface area contributed by atoms with Crippen LogP contribution >= 0.6 is 0 Å². The third-order valence-electron chi connectivity index (χ3n) is 4.24. The highest BCUT2D eigenvalue weighted by Crippen LogP contribution is 2.23. The van der Waals surface area contributed by atoms with Crippen LogP contribution in [0.2, 0.25) is 0 Å². The van der Waals surface area contributed by atoms with Crippen molar-refractivity contribution in [3.8, 4) is 0 Å². The molecule has 3 unspecified atom stereocenters. The first-order valence-electron chi connectivity index (χ1n) is 7.14. The zero-order chi connectivity index (χ0) is 14.7. The van der Waals surface area contributed by atoms with Crippen LogP contribution in [0.25, 0.3) is 0 Å². The number of hydrogen-bond donors (Lipinski definition) is 2. The van der Waals surface area contributed by atoms with Gasteiger partial charge in [-0.25, -0.2) is 4.79 Å². The smallest absolute Gasteiger partial charge is 0.320 e. The number of amides is 2. The van der Waals surface area contributed by atoms with Gasteiger partial charge in [0.15, 0.2) is 0 Å². The molecule has 2 aliphatic rings. The van der Waals surface area contributed by atoms with E-state index in [2.05, 4.69) is 0 Å². The van der Waals surface area contributed by atoms with Crippen LogP contribution in [-0.4, -0.2) is 72.3 Å². The fourth-order valence-electron chi connectivity index (χ4n) is 2.98. The van der Waals surface area contributed by atoms with Crippen LogP contribution in [0.3, 0.4) is 0 Å². The van der Waals surface area contributed by atoms with Crippen LogP contribution in [0, 0.1) is 11.8 Å². The average Bonchev–Trinajstić information content (AvgIpc) is 3.08. The quantitative estimate of drug-likeness (QED) is 0.746. The molecule has 0 aliphatic carbocycles. The molecule has 3 N–H and O–H groups in total. The fraction of sp³-hybridized carbons (Fsp3) is 0.846. The lowest BCUT2D eigenvalue weighted by atomic mass is 10.0. The van der Waals surface area contributed by atoms with E-state index in [0.717, 1.165) is 6.42 Å². The third kappa shape index (κ3) is 2.88. The highest BCUT2D eigenvalue weighted by atomic mass is 16.5. The zero-order valence-electron chi connectivity index (χ0n) is 11.8. The van der Waals surface area contributed by atoms with E-state index in [1.165, 1.54) is 0 Å². The number of carbonyl (C=O) groups excluding carboxylic acids is 1. The molecule has 2 amide bonds. The number of carboxylic acid groups (broad SMARTS) is 1. The maximum atomic E-state index is 12.6. The number of urea groups is 1. The molecule has 0 spiro atoms. The van der Waals surface area contributed by atoms with Crippen LogP contribution < -0.4 is 5.73 Å². The summed E-state index contributed by atoms with van der Waals surface area (Å²) in [6.07, 6.45) is 0.920. The Morgan fingerprint density at radius 2 is 2.20 bits per heavy atom. The number of ether oxygens (including phenoxy) is 1. The zero-order valence-corrected chi connectivity index (χ0v) is 11.8. The molecular weight excluding hydrogens is 262 g/mol. The fourth-order valence-corrected chi connectivity index (χ4v) is 2.98. The molecule has 0 aromatic carbocycles. The molecule has 7 heteroatoms. The summed E-state index contributed by atoms with van der Waals surface area (Å²) in [6.45, 7) is 4.77. The summed E-state index contributed by atoms with van der Waals surface area (Å²) in [7, 11) is 0. The number of nitrogens with two attached hydrogens (primary N) is 1. The highest BCUT2D eigenvalue weighted by molar-refractivity contribution is 5.77. The molecule has 2 saturated heterocycles. The summed E-state index contributed by atoms with van der Waals surface area (Å²) in [6, 6.07) is -0.466. The summed E-state index contributed by atoms with van der Waals surface area (Å²) in [5.74, 6) is -1.18. The van der Waals surface area contributed by atoms with E-state index < -0.39 is 11.9 Å². The lowest BCUT2D eigenvalue weighted by molar-refractivity contribution is -0.142. The van der Waals surface area contributed by atoms with Crippen LogP contribution in [0.1, 0.15) is 13.3 Å². The molecule has 2 fully saturated rings. The normalized spacial score (nSPS) is 29.7. The molecule has 0 bridgehead atoms. The van der Waals surface area contributed by atoms with Gasteiger partial charge in [0.2, 0.25) is 0 Å². The first kappa shape index (κ1) is 15.1. The first-order valence-corrected chi connectivity index (χ1v) is 7.14. The number of hydrogen-bond acceptors (Lipinski definition) is 4. The van der Waals surface area contributed by atoms with Gasteiger partial charge in [-0.2, -0.15) is 0 Å². The Balaban J connectivity index is 2.04. The summed E-state index contributed by atoms with van der Waals surface area (Å²) >= 11 is 0. The van der Waals surface area contributed by atoms with Crippen molar-refractivity contribution >= 4 is 12.0 Å². The number of carboxylic acids is 1. The number of carbonyl (C=O) groups is 2. The van der Waals surface area contributed by atoms with Crippen molar-refractivity contribution in [3.05, 3.63) is 0 Å². The maximum Gasteiger partial charge on any atom is 0.320 e. The average molecular weight is 285 g/mol. The Morgan fingerprint density at radius 1 is 1.45 bits per heavy atom. The van der Waals surface area contributed by atoms with Gasteiger partial charge in [-0.05, 0) is 25.8 Å². The van der Waals surface area contributed by atoms with Crippen molar-refractivity contribution in [2.24, 2.45) is 17.6 Å². The van der Waals surface area contributed by atoms with Gasteiger partial charge in [0.25, 0.3) is 0 Å². The van der Waals surface area contributed by atoms with Gasteiger partial charge < -0.3 is 25.4 Å². The molecular formula is C13H23N3O4. The minimum absolute atomic E-state index is 0.0924. The van der Waals surface area contributed by atoms with Crippen LogP contribution in [0.15, 0.2) is 0 Å². The Morgan fingerprint density at radius 3 is 2.75 bits per heavy atom. The Bertz CT molecular complexity index is 377. The van der Waals surface area contributed by atoms with Crippen molar-refractivity contribution in [1.82, 2.24) is 9.80 Å². The van der Waals surface area contributed by atoms with E-state index in [0.29, 0.717) is 38.7 Å². The van der Waals surface area contributed by atoms with Crippen molar-refractivity contribution < 1.29 is 19.4 Å². The standard InChI is InChI=1S/C13H23N3O4/c1-2-16(11-8-20-7-10(11)12(17)18)13(19)15-4-3-9(5-14)6-15/h9-11H,2-8,14H2,1H3,(H,17,18). The molecule has 20 heavy (non-hydrogen) atoms. The number of likely N-dealkylation sites (tertiary alicyclic amines) is 1. The van der Waals surface area contributed by atoms with E-state index in [1.54, 1.807) is 9.80 Å². The van der Waals surface area contributed by atoms with Gasteiger partial charge in [0.1, 0.15) is 5.92 Å². The topological polar surface area (TPSA) is 96.1 Å². The van der Waals surface area contributed by atoms with Crippen LogP contribution in [0.5, 0.6) is 0 Å². The van der Waals surface area contributed by atoms with Crippen molar-refractivity contribution in [2.45, 2.75) is 19.4 Å². The number of rotatable bonds is 4. The molecule has 0 aromatic heterocycles. The van der Waals surface area contributed by atoms with Crippen LogP contribution in [0.4, 0.5) is 4.79 Å². The van der Waals surface area contributed by atoms with Gasteiger partial charge in [-0.3, -0.25) is 4.79 Å². The number of likely N-dealkylation sites (N-methyl/N-ethyl adjacent to an activating group) is 1.